The third kappa shape index (κ3) is 3.43. The largest absolute Gasteiger partial charge is 0.468 e. The lowest BCUT2D eigenvalue weighted by atomic mass is 10.2. The second-order valence-electron chi connectivity index (χ2n) is 5.11. The zero-order chi connectivity index (χ0) is 15.5. The van der Waals surface area contributed by atoms with Crippen molar-refractivity contribution in [1.29, 1.82) is 0 Å². The number of aromatic nitrogens is 1. The Kier molecular flexibility index (Phi) is 4.66. The van der Waals surface area contributed by atoms with E-state index in [4.69, 9.17) is 27.6 Å². The standard InChI is InChI=1S/C15H15Cl2N3O2/c16-12-3-4-13(17)18-14(12)15(21)20-7-5-19(6-8-20)10-11-2-1-9-22-11/h1-4,9H,5-8,10H2. The highest BCUT2D eigenvalue weighted by Gasteiger charge is 2.25. The van der Waals surface area contributed by atoms with Gasteiger partial charge >= 0.3 is 0 Å². The van der Waals surface area contributed by atoms with Crippen molar-refractivity contribution in [2.75, 3.05) is 26.2 Å². The molecule has 0 aliphatic carbocycles. The van der Waals surface area contributed by atoms with Crippen molar-refractivity contribution in [1.82, 2.24) is 14.8 Å². The summed E-state index contributed by atoms with van der Waals surface area (Å²) in [5.74, 6) is 0.754. The highest BCUT2D eigenvalue weighted by molar-refractivity contribution is 6.34. The predicted molar refractivity (Wildman–Crippen MR) is 84.1 cm³/mol. The third-order valence-electron chi connectivity index (χ3n) is 3.63. The van der Waals surface area contributed by atoms with E-state index in [1.807, 2.05) is 12.1 Å². The Morgan fingerprint density at radius 1 is 1.18 bits per heavy atom. The normalized spacial score (nSPS) is 16.0. The molecule has 3 heterocycles. The van der Waals surface area contributed by atoms with Crippen molar-refractivity contribution < 1.29 is 9.21 Å². The lowest BCUT2D eigenvalue weighted by molar-refractivity contribution is 0.0615. The van der Waals surface area contributed by atoms with Crippen LogP contribution in [0.2, 0.25) is 10.2 Å². The van der Waals surface area contributed by atoms with Gasteiger partial charge in [0.25, 0.3) is 5.91 Å². The Labute approximate surface area is 138 Å². The van der Waals surface area contributed by atoms with E-state index in [0.29, 0.717) is 18.1 Å². The van der Waals surface area contributed by atoms with Gasteiger partial charge in [0.1, 0.15) is 16.6 Å². The average molecular weight is 340 g/mol. The quantitative estimate of drug-likeness (QED) is 0.806. The van der Waals surface area contributed by atoms with Crippen LogP contribution in [0.1, 0.15) is 16.2 Å². The summed E-state index contributed by atoms with van der Waals surface area (Å²) in [6.45, 7) is 3.58. The number of pyridine rings is 1. The monoisotopic (exact) mass is 339 g/mol. The van der Waals surface area contributed by atoms with Gasteiger partial charge in [-0.05, 0) is 24.3 Å². The van der Waals surface area contributed by atoms with E-state index < -0.39 is 0 Å². The van der Waals surface area contributed by atoms with Gasteiger partial charge in [0.2, 0.25) is 0 Å². The zero-order valence-electron chi connectivity index (χ0n) is 11.8. The molecule has 1 aliphatic rings. The van der Waals surface area contributed by atoms with E-state index in [-0.39, 0.29) is 16.8 Å². The molecule has 7 heteroatoms. The van der Waals surface area contributed by atoms with E-state index in [1.54, 1.807) is 23.3 Å². The first kappa shape index (κ1) is 15.3. The molecule has 0 radical (unpaired) electrons. The molecule has 116 valence electrons. The van der Waals surface area contributed by atoms with Crippen LogP contribution in [0.15, 0.2) is 34.9 Å². The van der Waals surface area contributed by atoms with Crippen LogP contribution in [0.4, 0.5) is 0 Å². The maximum atomic E-state index is 12.5. The van der Waals surface area contributed by atoms with Crippen LogP contribution >= 0.6 is 23.2 Å². The van der Waals surface area contributed by atoms with Gasteiger partial charge in [0.15, 0.2) is 0 Å². The first-order valence-corrected chi connectivity index (χ1v) is 7.75. The predicted octanol–water partition coefficient (Wildman–Crippen LogP) is 2.94. The Morgan fingerprint density at radius 3 is 2.64 bits per heavy atom. The highest BCUT2D eigenvalue weighted by atomic mass is 35.5. The van der Waals surface area contributed by atoms with Crippen LogP contribution in [-0.4, -0.2) is 46.9 Å². The third-order valence-corrected chi connectivity index (χ3v) is 4.15. The molecule has 2 aromatic rings. The minimum Gasteiger partial charge on any atom is -0.468 e. The molecule has 1 saturated heterocycles. The van der Waals surface area contributed by atoms with Gasteiger partial charge in [-0.1, -0.05) is 23.2 Å². The SMILES string of the molecule is O=C(c1nc(Cl)ccc1Cl)N1CCN(Cc2ccco2)CC1. The number of piperazine rings is 1. The van der Waals surface area contributed by atoms with E-state index in [2.05, 4.69) is 9.88 Å². The molecule has 0 saturated carbocycles. The van der Waals surface area contributed by atoms with Crippen molar-refractivity contribution in [3.63, 3.8) is 0 Å². The fourth-order valence-electron chi connectivity index (χ4n) is 2.45. The minimum absolute atomic E-state index is 0.176. The van der Waals surface area contributed by atoms with E-state index in [9.17, 15) is 4.79 Å². The summed E-state index contributed by atoms with van der Waals surface area (Å²) >= 11 is 11.9. The number of nitrogens with zero attached hydrogens (tertiary/aromatic N) is 3. The van der Waals surface area contributed by atoms with Gasteiger partial charge < -0.3 is 9.32 Å². The van der Waals surface area contributed by atoms with Crippen LogP contribution in [0.3, 0.4) is 0 Å². The highest BCUT2D eigenvalue weighted by Crippen LogP contribution is 2.19. The molecule has 1 amide bonds. The molecule has 0 bridgehead atoms. The number of hydrogen-bond donors (Lipinski definition) is 0. The molecule has 0 N–H and O–H groups in total. The number of amides is 1. The summed E-state index contributed by atoms with van der Waals surface area (Å²) in [7, 11) is 0. The number of carbonyl (C=O) groups is 1. The van der Waals surface area contributed by atoms with E-state index in [1.165, 1.54) is 0 Å². The van der Waals surface area contributed by atoms with Gasteiger partial charge in [0.05, 0.1) is 17.8 Å². The molecule has 1 fully saturated rings. The number of carbonyl (C=O) groups excluding carboxylic acids is 1. The molecule has 2 aromatic heterocycles. The summed E-state index contributed by atoms with van der Waals surface area (Å²) in [4.78, 5) is 20.5. The molecule has 0 aromatic carbocycles. The molecule has 0 spiro atoms. The van der Waals surface area contributed by atoms with Gasteiger partial charge in [-0.2, -0.15) is 0 Å². The second kappa shape index (κ2) is 6.69. The molecule has 5 nitrogen and oxygen atoms in total. The summed E-state index contributed by atoms with van der Waals surface area (Å²) in [6.07, 6.45) is 1.67. The fraction of sp³-hybridized carbons (Fsp3) is 0.333. The summed E-state index contributed by atoms with van der Waals surface area (Å²) < 4.78 is 5.34. The maximum Gasteiger partial charge on any atom is 0.274 e. The van der Waals surface area contributed by atoms with Crippen LogP contribution in [-0.2, 0) is 6.54 Å². The first-order chi connectivity index (χ1) is 10.6. The molecule has 1 aliphatic heterocycles. The Morgan fingerprint density at radius 2 is 1.95 bits per heavy atom. The average Bonchev–Trinajstić information content (AvgIpc) is 3.03. The number of furan rings is 1. The molecular formula is C15H15Cl2N3O2. The molecular weight excluding hydrogens is 325 g/mol. The van der Waals surface area contributed by atoms with Crippen molar-refractivity contribution in [2.45, 2.75) is 6.54 Å². The Balaban J connectivity index is 1.61. The van der Waals surface area contributed by atoms with Crippen molar-refractivity contribution in [3.05, 3.63) is 52.2 Å². The van der Waals surface area contributed by atoms with Crippen LogP contribution in [0.5, 0.6) is 0 Å². The van der Waals surface area contributed by atoms with Gasteiger partial charge in [-0.15, -0.1) is 0 Å². The topological polar surface area (TPSA) is 49.6 Å². The lowest BCUT2D eigenvalue weighted by Gasteiger charge is -2.34. The molecule has 22 heavy (non-hydrogen) atoms. The summed E-state index contributed by atoms with van der Waals surface area (Å²) in [6, 6.07) is 6.99. The number of halogens is 2. The first-order valence-electron chi connectivity index (χ1n) is 6.99. The van der Waals surface area contributed by atoms with E-state index >= 15 is 0 Å². The van der Waals surface area contributed by atoms with Crippen LogP contribution in [0.25, 0.3) is 0 Å². The van der Waals surface area contributed by atoms with Crippen LogP contribution < -0.4 is 0 Å². The van der Waals surface area contributed by atoms with Crippen molar-refractivity contribution in [3.8, 4) is 0 Å². The maximum absolute atomic E-state index is 12.5. The number of rotatable bonds is 3. The fourth-order valence-corrected chi connectivity index (χ4v) is 2.78. The smallest absolute Gasteiger partial charge is 0.274 e. The van der Waals surface area contributed by atoms with E-state index in [0.717, 1.165) is 25.4 Å². The molecule has 0 atom stereocenters. The molecule has 3 rings (SSSR count). The van der Waals surface area contributed by atoms with Gasteiger partial charge in [0, 0.05) is 26.2 Å². The Bertz CT molecular complexity index is 653. The lowest BCUT2D eigenvalue weighted by Crippen LogP contribution is -2.48. The number of hydrogen-bond acceptors (Lipinski definition) is 4. The van der Waals surface area contributed by atoms with Gasteiger partial charge in [-0.25, -0.2) is 4.98 Å². The summed E-state index contributed by atoms with van der Waals surface area (Å²) in [5.41, 5.74) is 0.216. The van der Waals surface area contributed by atoms with Gasteiger partial charge in [-0.3, -0.25) is 9.69 Å². The van der Waals surface area contributed by atoms with Crippen LogP contribution in [0, 0.1) is 0 Å². The Hall–Kier alpha value is -1.56. The second-order valence-corrected chi connectivity index (χ2v) is 5.91. The summed E-state index contributed by atoms with van der Waals surface area (Å²) in [5, 5.41) is 0.594. The molecule has 0 unspecified atom stereocenters. The van der Waals surface area contributed by atoms with Crippen molar-refractivity contribution >= 4 is 29.1 Å². The minimum atomic E-state index is -0.176. The van der Waals surface area contributed by atoms with Crippen molar-refractivity contribution in [2.24, 2.45) is 0 Å². The zero-order valence-corrected chi connectivity index (χ0v) is 13.3.